The van der Waals surface area contributed by atoms with Gasteiger partial charge in [-0.2, -0.15) is 0 Å². The molecule has 0 radical (unpaired) electrons. The van der Waals surface area contributed by atoms with Gasteiger partial charge in [0.15, 0.2) is 5.78 Å². The van der Waals surface area contributed by atoms with Crippen LogP contribution in [0.5, 0.6) is 0 Å². The molecule has 0 N–H and O–H groups in total. The zero-order valence-corrected chi connectivity index (χ0v) is 21.4. The minimum absolute atomic E-state index is 0.0313. The van der Waals surface area contributed by atoms with Crippen LogP contribution in [0.1, 0.15) is 70.2 Å². The molecule has 6 nitrogen and oxygen atoms in total. The molecule has 1 aliphatic heterocycles. The molecule has 8 heteroatoms. The molecule has 1 aromatic carbocycles. The molecule has 4 unspecified atom stereocenters. The van der Waals surface area contributed by atoms with Crippen molar-refractivity contribution in [2.24, 2.45) is 22.7 Å². The number of hydrogen-bond donors (Lipinski definition) is 0. The number of sulfonamides is 1. The average Bonchev–Trinajstić information content (AvgIpc) is 2.91. The highest BCUT2D eigenvalue weighted by Crippen LogP contribution is 2.66. The van der Waals surface area contributed by atoms with E-state index in [1.165, 1.54) is 13.8 Å². The van der Waals surface area contributed by atoms with Crippen LogP contribution in [0, 0.1) is 22.7 Å². The second-order valence-corrected chi connectivity index (χ2v) is 13.4. The zero-order valence-electron chi connectivity index (χ0n) is 19.0. The Balaban J connectivity index is 1.74. The monoisotopic (exact) mass is 523 g/mol. The van der Waals surface area contributed by atoms with E-state index in [0.717, 1.165) is 21.6 Å². The number of carbonyl (C=O) groups is 3. The van der Waals surface area contributed by atoms with Gasteiger partial charge in [-0.25, -0.2) is 12.7 Å². The third-order valence-electron chi connectivity index (χ3n) is 8.58. The van der Waals surface area contributed by atoms with Crippen molar-refractivity contribution in [3.8, 4) is 0 Å². The number of carbonyl (C=O) groups excluding carboxylic acids is 3. The molecular weight excluding hydrogens is 494 g/mol. The Hall–Kier alpha value is -1.54. The van der Waals surface area contributed by atoms with Crippen LogP contribution in [0.4, 0.5) is 0 Å². The van der Waals surface area contributed by atoms with Crippen LogP contribution in [0.2, 0.25) is 0 Å². The first-order chi connectivity index (χ1) is 14.7. The molecule has 4 fully saturated rings. The summed E-state index contributed by atoms with van der Waals surface area (Å²) in [4.78, 5) is 39.8. The Bertz CT molecular complexity index is 1100. The Morgan fingerprint density at radius 2 is 1.75 bits per heavy atom. The highest BCUT2D eigenvalue weighted by Gasteiger charge is 2.71. The predicted molar refractivity (Wildman–Crippen MR) is 124 cm³/mol. The SMILES string of the molecule is CC(=O)C(C)(CC(=O)c1ccc(Br)cc1)C(=O)N1C23CC(CCC(C2)C3(C)C)CS1(=O)=O. The average molecular weight is 524 g/mol. The van der Waals surface area contributed by atoms with Crippen LogP contribution in [0.15, 0.2) is 28.7 Å². The number of fused-ring (bicyclic) bond motifs is 1. The van der Waals surface area contributed by atoms with E-state index in [2.05, 4.69) is 15.9 Å². The summed E-state index contributed by atoms with van der Waals surface area (Å²) in [6.45, 7) is 6.78. The predicted octanol–water partition coefficient (Wildman–Crippen LogP) is 4.37. The summed E-state index contributed by atoms with van der Waals surface area (Å²) >= 11 is 3.33. The third kappa shape index (κ3) is 3.31. The quantitative estimate of drug-likeness (QED) is 0.422. The minimum atomic E-state index is -3.91. The van der Waals surface area contributed by atoms with Gasteiger partial charge in [0.25, 0.3) is 0 Å². The van der Waals surface area contributed by atoms with Crippen molar-refractivity contribution < 1.29 is 22.8 Å². The van der Waals surface area contributed by atoms with Crippen molar-refractivity contribution in [2.75, 3.05) is 5.75 Å². The summed E-state index contributed by atoms with van der Waals surface area (Å²) in [6.07, 6.45) is 2.72. The molecule has 4 atom stereocenters. The summed E-state index contributed by atoms with van der Waals surface area (Å²) in [7, 11) is -3.91. The first-order valence-corrected chi connectivity index (χ1v) is 13.5. The Morgan fingerprint density at radius 1 is 1.12 bits per heavy atom. The van der Waals surface area contributed by atoms with E-state index >= 15 is 0 Å². The number of ketones is 2. The van der Waals surface area contributed by atoms with Crippen LogP contribution >= 0.6 is 15.9 Å². The van der Waals surface area contributed by atoms with E-state index < -0.39 is 32.7 Å². The molecule has 4 aliphatic rings. The van der Waals surface area contributed by atoms with Gasteiger partial charge in [-0.1, -0.05) is 41.9 Å². The number of rotatable bonds is 5. The summed E-state index contributed by atoms with van der Waals surface area (Å²) in [5, 5.41) is 0. The molecule has 1 spiro atoms. The van der Waals surface area contributed by atoms with Crippen LogP contribution < -0.4 is 0 Å². The summed E-state index contributed by atoms with van der Waals surface area (Å²) in [5.74, 6) is -1.29. The number of halogens is 1. The largest absolute Gasteiger partial charge is 0.299 e. The van der Waals surface area contributed by atoms with Gasteiger partial charge >= 0.3 is 0 Å². The van der Waals surface area contributed by atoms with Gasteiger partial charge in [-0.15, -0.1) is 0 Å². The fraction of sp³-hybridized carbons (Fsp3) is 0.625. The zero-order chi connectivity index (χ0) is 23.7. The molecule has 32 heavy (non-hydrogen) atoms. The van der Waals surface area contributed by atoms with E-state index in [0.29, 0.717) is 24.3 Å². The van der Waals surface area contributed by atoms with Gasteiger partial charge in [0.05, 0.1) is 11.3 Å². The third-order valence-corrected chi connectivity index (χ3v) is 11.1. The van der Waals surface area contributed by atoms with Gasteiger partial charge in [0.2, 0.25) is 15.9 Å². The number of Topliss-reactive ketones (excluding diaryl/α,β-unsaturated/α-hetero) is 2. The van der Waals surface area contributed by atoms with E-state index in [1.54, 1.807) is 24.3 Å². The number of hydrogen-bond acceptors (Lipinski definition) is 5. The smallest absolute Gasteiger partial charge is 0.250 e. The lowest BCUT2D eigenvalue weighted by Crippen LogP contribution is -2.74. The molecule has 3 bridgehead atoms. The van der Waals surface area contributed by atoms with Gasteiger partial charge in [-0.3, -0.25) is 14.4 Å². The van der Waals surface area contributed by atoms with E-state index in [4.69, 9.17) is 0 Å². The maximum atomic E-state index is 14.0. The van der Waals surface area contributed by atoms with Crippen molar-refractivity contribution >= 4 is 43.4 Å². The summed E-state index contributed by atoms with van der Waals surface area (Å²) in [6, 6.07) is 6.69. The second kappa shape index (κ2) is 7.49. The van der Waals surface area contributed by atoms with Crippen molar-refractivity contribution in [3.63, 3.8) is 0 Å². The van der Waals surface area contributed by atoms with Gasteiger partial charge < -0.3 is 0 Å². The Kier molecular flexibility index (Phi) is 5.52. The lowest BCUT2D eigenvalue weighted by Gasteiger charge is -2.66. The molecule has 1 saturated heterocycles. The molecule has 1 amide bonds. The highest BCUT2D eigenvalue weighted by atomic mass is 79.9. The van der Waals surface area contributed by atoms with Gasteiger partial charge in [-0.05, 0) is 68.9 Å². The number of benzene rings is 1. The van der Waals surface area contributed by atoms with Crippen LogP contribution in [-0.2, 0) is 19.6 Å². The van der Waals surface area contributed by atoms with Gasteiger partial charge in [0, 0.05) is 16.5 Å². The molecule has 0 aromatic heterocycles. The molecule has 1 heterocycles. The van der Waals surface area contributed by atoms with Crippen LogP contribution in [0.3, 0.4) is 0 Å². The van der Waals surface area contributed by atoms with Crippen LogP contribution in [0.25, 0.3) is 0 Å². The van der Waals surface area contributed by atoms with E-state index in [9.17, 15) is 22.8 Å². The first-order valence-electron chi connectivity index (χ1n) is 11.1. The molecule has 3 aliphatic carbocycles. The Morgan fingerprint density at radius 3 is 2.31 bits per heavy atom. The molecule has 3 saturated carbocycles. The first kappa shape index (κ1) is 23.6. The lowest BCUT2D eigenvalue weighted by atomic mass is 9.48. The second-order valence-electron chi connectivity index (χ2n) is 10.6. The number of amides is 1. The van der Waals surface area contributed by atoms with E-state index in [1.807, 2.05) is 13.8 Å². The molecule has 1 aromatic rings. The number of nitrogens with zero attached hydrogens (tertiary/aromatic N) is 1. The maximum Gasteiger partial charge on any atom is 0.250 e. The fourth-order valence-electron chi connectivity index (χ4n) is 6.16. The van der Waals surface area contributed by atoms with Crippen molar-refractivity contribution in [2.45, 2.75) is 65.3 Å². The maximum absolute atomic E-state index is 14.0. The normalized spacial score (nSPS) is 31.6. The van der Waals surface area contributed by atoms with E-state index in [-0.39, 0.29) is 29.3 Å². The molecule has 174 valence electrons. The standard InChI is InChI=1S/C24H30BrNO5S/c1-15(27)23(4,13-20(28)17-6-9-19(25)10-7-17)21(29)26-24-11-16(14-32(26,30)31)5-8-18(12-24)22(24,2)3/h6-7,9-10,16,18H,5,8,11-14H2,1-4H3. The van der Waals surface area contributed by atoms with Crippen LogP contribution in [-0.4, -0.2) is 41.5 Å². The molecule has 5 rings (SSSR count). The summed E-state index contributed by atoms with van der Waals surface area (Å²) in [5.41, 5.74) is -2.54. The van der Waals surface area contributed by atoms with Crippen molar-refractivity contribution in [3.05, 3.63) is 34.3 Å². The van der Waals surface area contributed by atoms with Crippen molar-refractivity contribution in [1.29, 1.82) is 0 Å². The topological polar surface area (TPSA) is 88.6 Å². The highest BCUT2D eigenvalue weighted by molar-refractivity contribution is 9.10. The van der Waals surface area contributed by atoms with Gasteiger partial charge in [0.1, 0.15) is 11.2 Å². The lowest BCUT2D eigenvalue weighted by molar-refractivity contribution is -0.167. The summed E-state index contributed by atoms with van der Waals surface area (Å²) < 4.78 is 28.8. The fourth-order valence-corrected chi connectivity index (χ4v) is 8.83. The van der Waals surface area contributed by atoms with Crippen molar-refractivity contribution in [1.82, 2.24) is 4.31 Å². The minimum Gasteiger partial charge on any atom is -0.299 e. The Labute approximate surface area is 198 Å². The molecular formula is C24H30BrNO5S.